The number of nitrogens with zero attached hydrogens (tertiary/aromatic N) is 1. The van der Waals surface area contributed by atoms with Crippen molar-refractivity contribution in [2.45, 2.75) is 39.7 Å². The Morgan fingerprint density at radius 1 is 0.906 bits per heavy atom. The van der Waals surface area contributed by atoms with Crippen molar-refractivity contribution < 1.29 is 14.3 Å². The Hall–Kier alpha value is -3.60. The van der Waals surface area contributed by atoms with Gasteiger partial charge >= 0.3 is 0 Å². The third-order valence-electron chi connectivity index (χ3n) is 5.24. The average molecular weight is 431 g/mol. The summed E-state index contributed by atoms with van der Waals surface area (Å²) in [4.78, 5) is 27.4. The van der Waals surface area contributed by atoms with E-state index in [1.54, 1.807) is 36.1 Å². The van der Waals surface area contributed by atoms with Gasteiger partial charge in [-0.05, 0) is 67.8 Å². The molecule has 2 amide bonds. The van der Waals surface area contributed by atoms with E-state index in [4.69, 9.17) is 4.74 Å². The number of carbonyl (C=O) groups excluding carboxylic acids is 2. The number of ether oxygens (including phenoxy) is 1. The van der Waals surface area contributed by atoms with Crippen molar-refractivity contribution >= 4 is 23.2 Å². The summed E-state index contributed by atoms with van der Waals surface area (Å²) in [5.41, 5.74) is 3.11. The topological polar surface area (TPSA) is 58.6 Å². The fraction of sp³-hybridized carbons (Fsp3) is 0.259. The normalized spacial score (nSPS) is 11.7. The number of benzene rings is 3. The molecule has 0 saturated heterocycles. The van der Waals surface area contributed by atoms with E-state index in [1.807, 2.05) is 61.5 Å². The van der Waals surface area contributed by atoms with Crippen LogP contribution in [0.3, 0.4) is 0 Å². The molecule has 1 unspecified atom stereocenters. The van der Waals surface area contributed by atoms with Gasteiger partial charge in [-0.2, -0.15) is 0 Å². The van der Waals surface area contributed by atoms with Crippen LogP contribution in [0, 0.1) is 0 Å². The van der Waals surface area contributed by atoms with Crippen LogP contribution in [0.5, 0.6) is 5.75 Å². The molecule has 1 atom stereocenters. The first-order valence-electron chi connectivity index (χ1n) is 10.9. The molecule has 0 spiro atoms. The van der Waals surface area contributed by atoms with Gasteiger partial charge in [-0.1, -0.05) is 50.2 Å². The maximum absolute atomic E-state index is 13.1. The number of rotatable bonds is 8. The number of anilines is 2. The number of para-hydroxylation sites is 1. The number of nitrogens with one attached hydrogen (secondary N) is 1. The number of hydrogen-bond acceptors (Lipinski definition) is 3. The summed E-state index contributed by atoms with van der Waals surface area (Å²) in [7, 11) is 0. The minimum absolute atomic E-state index is 0.121. The molecular weight excluding hydrogens is 400 g/mol. The number of carbonyl (C=O) groups is 2. The third kappa shape index (κ3) is 5.76. The second-order valence-corrected chi connectivity index (χ2v) is 7.94. The lowest BCUT2D eigenvalue weighted by Crippen LogP contribution is -2.31. The number of hydrogen-bond donors (Lipinski definition) is 1. The van der Waals surface area contributed by atoms with Crippen molar-refractivity contribution in [2.75, 3.05) is 16.8 Å². The van der Waals surface area contributed by atoms with Crippen LogP contribution in [0.2, 0.25) is 0 Å². The first-order valence-corrected chi connectivity index (χ1v) is 10.9. The highest BCUT2D eigenvalue weighted by Crippen LogP contribution is 2.21. The van der Waals surface area contributed by atoms with Crippen LogP contribution >= 0.6 is 0 Å². The molecule has 0 aliphatic carbocycles. The summed E-state index contributed by atoms with van der Waals surface area (Å²) in [6.45, 7) is 8.44. The molecule has 0 aromatic heterocycles. The van der Waals surface area contributed by atoms with E-state index < -0.39 is 6.10 Å². The summed E-state index contributed by atoms with van der Waals surface area (Å²) in [5, 5.41) is 2.85. The Bertz CT molecular complexity index is 1050. The Morgan fingerprint density at radius 2 is 1.59 bits per heavy atom. The monoisotopic (exact) mass is 430 g/mol. The summed E-state index contributed by atoms with van der Waals surface area (Å²) in [6, 6.07) is 24.3. The minimum atomic E-state index is -0.685. The van der Waals surface area contributed by atoms with E-state index in [1.165, 1.54) is 5.56 Å². The van der Waals surface area contributed by atoms with Crippen molar-refractivity contribution in [3.63, 3.8) is 0 Å². The fourth-order valence-electron chi connectivity index (χ4n) is 3.37. The Kier molecular flexibility index (Phi) is 7.66. The van der Waals surface area contributed by atoms with Crippen LogP contribution in [0.1, 0.15) is 49.5 Å². The van der Waals surface area contributed by atoms with Crippen molar-refractivity contribution in [3.05, 3.63) is 90.0 Å². The van der Waals surface area contributed by atoms with Gasteiger partial charge in [-0.25, -0.2) is 0 Å². The maximum atomic E-state index is 13.1. The first kappa shape index (κ1) is 23.1. The van der Waals surface area contributed by atoms with E-state index in [0.29, 0.717) is 29.5 Å². The molecule has 0 fully saturated rings. The third-order valence-corrected chi connectivity index (χ3v) is 5.24. The number of amides is 2. The molecule has 1 N–H and O–H groups in total. The second kappa shape index (κ2) is 10.6. The molecule has 3 aromatic rings. The molecule has 5 nitrogen and oxygen atoms in total. The lowest BCUT2D eigenvalue weighted by molar-refractivity contribution is -0.122. The quantitative estimate of drug-likeness (QED) is 0.485. The molecule has 166 valence electrons. The second-order valence-electron chi connectivity index (χ2n) is 7.94. The van der Waals surface area contributed by atoms with Crippen LogP contribution in [-0.4, -0.2) is 24.5 Å². The van der Waals surface area contributed by atoms with Crippen LogP contribution < -0.4 is 15.0 Å². The van der Waals surface area contributed by atoms with Gasteiger partial charge in [0.05, 0.1) is 0 Å². The van der Waals surface area contributed by atoms with Gasteiger partial charge in [0.2, 0.25) is 0 Å². The highest BCUT2D eigenvalue weighted by atomic mass is 16.5. The molecule has 3 rings (SSSR count). The zero-order valence-corrected chi connectivity index (χ0v) is 19.0. The van der Waals surface area contributed by atoms with Crippen molar-refractivity contribution in [1.29, 1.82) is 0 Å². The highest BCUT2D eigenvalue weighted by molar-refractivity contribution is 6.07. The molecular formula is C27H30N2O3. The van der Waals surface area contributed by atoms with Crippen LogP contribution in [0.25, 0.3) is 0 Å². The van der Waals surface area contributed by atoms with Gasteiger partial charge in [0.25, 0.3) is 11.8 Å². The first-order chi connectivity index (χ1) is 15.4. The van der Waals surface area contributed by atoms with E-state index in [9.17, 15) is 9.59 Å². The fourth-order valence-corrected chi connectivity index (χ4v) is 3.37. The van der Waals surface area contributed by atoms with Crippen LogP contribution in [0.15, 0.2) is 78.9 Å². The molecule has 0 heterocycles. The molecule has 0 radical (unpaired) electrons. The van der Waals surface area contributed by atoms with Gasteiger partial charge in [0, 0.05) is 23.5 Å². The zero-order valence-electron chi connectivity index (χ0n) is 19.0. The van der Waals surface area contributed by atoms with Gasteiger partial charge in [0.1, 0.15) is 5.75 Å². The van der Waals surface area contributed by atoms with E-state index in [2.05, 4.69) is 19.2 Å². The Balaban J connectivity index is 1.66. The molecule has 0 aliphatic heterocycles. The van der Waals surface area contributed by atoms with Gasteiger partial charge in [-0.3, -0.25) is 9.59 Å². The lowest BCUT2D eigenvalue weighted by Gasteiger charge is -2.21. The largest absolute Gasteiger partial charge is 0.481 e. The SMILES string of the molecule is CCN(C(=O)c1cccc(NC(=O)C(C)Oc2ccc(C(C)C)cc2)c1)c1ccccc1. The van der Waals surface area contributed by atoms with Crippen molar-refractivity contribution in [3.8, 4) is 5.75 Å². The standard InChI is InChI=1S/C27H30N2O3/c1-5-29(24-12-7-6-8-13-24)27(31)22-10-9-11-23(18-22)28-26(30)20(4)32-25-16-14-21(15-17-25)19(2)3/h6-20H,5H2,1-4H3,(H,28,30). The van der Waals surface area contributed by atoms with Crippen LogP contribution in [-0.2, 0) is 4.79 Å². The highest BCUT2D eigenvalue weighted by Gasteiger charge is 2.18. The Labute approximate surface area is 190 Å². The minimum Gasteiger partial charge on any atom is -0.481 e. The lowest BCUT2D eigenvalue weighted by atomic mass is 10.0. The summed E-state index contributed by atoms with van der Waals surface area (Å²) >= 11 is 0. The molecule has 5 heteroatoms. The van der Waals surface area contributed by atoms with Crippen molar-refractivity contribution in [2.24, 2.45) is 0 Å². The maximum Gasteiger partial charge on any atom is 0.265 e. The molecule has 32 heavy (non-hydrogen) atoms. The average Bonchev–Trinajstić information content (AvgIpc) is 2.80. The molecule has 3 aromatic carbocycles. The Morgan fingerprint density at radius 3 is 2.22 bits per heavy atom. The zero-order chi connectivity index (χ0) is 23.1. The summed E-state index contributed by atoms with van der Waals surface area (Å²) < 4.78 is 5.79. The summed E-state index contributed by atoms with van der Waals surface area (Å²) in [5.74, 6) is 0.676. The summed E-state index contributed by atoms with van der Waals surface area (Å²) in [6.07, 6.45) is -0.685. The predicted molar refractivity (Wildman–Crippen MR) is 129 cm³/mol. The van der Waals surface area contributed by atoms with Gasteiger partial charge < -0.3 is 15.0 Å². The smallest absolute Gasteiger partial charge is 0.265 e. The van der Waals surface area contributed by atoms with Gasteiger partial charge in [-0.15, -0.1) is 0 Å². The predicted octanol–water partition coefficient (Wildman–Crippen LogP) is 5.88. The van der Waals surface area contributed by atoms with Crippen LogP contribution in [0.4, 0.5) is 11.4 Å². The molecule has 0 saturated carbocycles. The molecule has 0 bridgehead atoms. The van der Waals surface area contributed by atoms with E-state index in [-0.39, 0.29) is 11.8 Å². The van der Waals surface area contributed by atoms with E-state index in [0.717, 1.165) is 5.69 Å². The van der Waals surface area contributed by atoms with E-state index >= 15 is 0 Å². The van der Waals surface area contributed by atoms with Gasteiger partial charge in [0.15, 0.2) is 6.10 Å². The van der Waals surface area contributed by atoms with Crippen molar-refractivity contribution in [1.82, 2.24) is 0 Å². The molecule has 0 aliphatic rings.